The van der Waals surface area contributed by atoms with Crippen molar-refractivity contribution in [3.05, 3.63) is 17.5 Å². The van der Waals surface area contributed by atoms with Gasteiger partial charge in [0.15, 0.2) is 0 Å². The minimum atomic E-state index is -1.03. The first-order valence-electron chi connectivity index (χ1n) is 5.38. The van der Waals surface area contributed by atoms with Crippen molar-refractivity contribution in [2.45, 2.75) is 52.4 Å². The summed E-state index contributed by atoms with van der Waals surface area (Å²) >= 11 is 0. The number of hydrogen-bond donors (Lipinski definition) is 1. The summed E-state index contributed by atoms with van der Waals surface area (Å²) in [6.07, 6.45) is -1.03. The van der Waals surface area contributed by atoms with Gasteiger partial charge in [-0.3, -0.25) is 0 Å². The maximum atomic E-state index is 11.1. The van der Waals surface area contributed by atoms with Gasteiger partial charge in [0.25, 0.3) is 0 Å². The summed E-state index contributed by atoms with van der Waals surface area (Å²) in [5.74, 6) is 0. The number of nitrogens with zero attached hydrogens (tertiary/aromatic N) is 2. The van der Waals surface area contributed by atoms with Crippen LogP contribution in [0.1, 0.15) is 52.9 Å². The second-order valence-electron chi connectivity index (χ2n) is 6.11. The molecule has 0 unspecified atom stereocenters. The average molecular weight is 224 g/mol. The van der Waals surface area contributed by atoms with Crippen LogP contribution in [0.2, 0.25) is 0 Å². The fraction of sp³-hybridized carbons (Fsp3) is 0.667. The van der Waals surface area contributed by atoms with Gasteiger partial charge >= 0.3 is 6.09 Å². The molecule has 0 saturated heterocycles. The molecule has 0 bridgehead atoms. The summed E-state index contributed by atoms with van der Waals surface area (Å²) in [6.45, 7) is 12.0. The maximum absolute atomic E-state index is 11.1. The molecule has 0 aliphatic carbocycles. The Labute approximate surface area is 96.3 Å². The van der Waals surface area contributed by atoms with Gasteiger partial charge in [0.05, 0.1) is 11.4 Å². The molecule has 4 nitrogen and oxygen atoms in total. The maximum Gasteiger partial charge on any atom is 0.432 e. The Hall–Kier alpha value is -1.32. The van der Waals surface area contributed by atoms with Gasteiger partial charge in [-0.1, -0.05) is 41.5 Å². The van der Waals surface area contributed by atoms with Gasteiger partial charge in [-0.25, -0.2) is 4.79 Å². The summed E-state index contributed by atoms with van der Waals surface area (Å²) in [5.41, 5.74) is 1.17. The van der Waals surface area contributed by atoms with Gasteiger partial charge in [0, 0.05) is 10.8 Å². The van der Waals surface area contributed by atoms with Crippen LogP contribution in [0.5, 0.6) is 0 Å². The number of aromatic nitrogens is 2. The highest BCUT2D eigenvalue weighted by Crippen LogP contribution is 2.28. The van der Waals surface area contributed by atoms with E-state index in [1.165, 1.54) is 0 Å². The number of carbonyl (C=O) groups is 1. The van der Waals surface area contributed by atoms with E-state index in [2.05, 4.69) is 5.10 Å². The predicted molar refractivity (Wildman–Crippen MR) is 63.0 cm³/mol. The predicted octanol–water partition coefficient (Wildman–Crippen LogP) is 3.00. The third-order valence-electron chi connectivity index (χ3n) is 2.43. The van der Waals surface area contributed by atoms with E-state index in [4.69, 9.17) is 5.11 Å². The molecule has 1 heterocycles. The Kier molecular flexibility index (Phi) is 2.88. The van der Waals surface area contributed by atoms with E-state index in [0.717, 1.165) is 16.1 Å². The van der Waals surface area contributed by atoms with E-state index in [0.29, 0.717) is 0 Å². The van der Waals surface area contributed by atoms with Crippen molar-refractivity contribution in [1.29, 1.82) is 0 Å². The van der Waals surface area contributed by atoms with Crippen molar-refractivity contribution in [3.8, 4) is 0 Å². The molecule has 1 aromatic rings. The molecular formula is C12H20N2O2. The van der Waals surface area contributed by atoms with Crippen molar-refractivity contribution >= 4 is 6.09 Å². The standard InChI is InChI=1S/C12H20N2O2/c1-11(2,3)8-7-9(12(4,5)6)14(13-8)10(15)16/h7H,1-6H3,(H,15,16). The van der Waals surface area contributed by atoms with Gasteiger partial charge in [0.2, 0.25) is 0 Å². The van der Waals surface area contributed by atoms with E-state index in [-0.39, 0.29) is 10.8 Å². The van der Waals surface area contributed by atoms with Crippen LogP contribution in [-0.2, 0) is 10.8 Å². The average Bonchev–Trinajstić information content (AvgIpc) is 2.44. The van der Waals surface area contributed by atoms with E-state index in [1.54, 1.807) is 0 Å². The van der Waals surface area contributed by atoms with Gasteiger partial charge < -0.3 is 5.11 Å². The van der Waals surface area contributed by atoms with E-state index in [1.807, 2.05) is 47.6 Å². The number of carboxylic acid groups (broad SMARTS) is 1. The number of rotatable bonds is 0. The van der Waals surface area contributed by atoms with E-state index >= 15 is 0 Å². The largest absolute Gasteiger partial charge is 0.463 e. The first kappa shape index (κ1) is 12.7. The Balaban J connectivity index is 3.38. The Morgan fingerprint density at radius 3 is 1.94 bits per heavy atom. The molecule has 16 heavy (non-hydrogen) atoms. The highest BCUT2D eigenvalue weighted by molar-refractivity contribution is 5.68. The van der Waals surface area contributed by atoms with Crippen molar-refractivity contribution < 1.29 is 9.90 Å². The molecule has 0 spiro atoms. The summed E-state index contributed by atoms with van der Waals surface area (Å²) in [5, 5.41) is 13.3. The molecule has 0 aliphatic heterocycles. The zero-order valence-electron chi connectivity index (χ0n) is 10.8. The molecule has 0 fully saturated rings. The molecule has 0 atom stereocenters. The summed E-state index contributed by atoms with van der Waals surface area (Å²) in [4.78, 5) is 11.1. The third kappa shape index (κ3) is 2.43. The lowest BCUT2D eigenvalue weighted by Crippen LogP contribution is -2.22. The van der Waals surface area contributed by atoms with Crippen LogP contribution in [0.25, 0.3) is 0 Å². The fourth-order valence-electron chi connectivity index (χ4n) is 1.43. The Morgan fingerprint density at radius 1 is 1.19 bits per heavy atom. The van der Waals surface area contributed by atoms with Crippen molar-refractivity contribution in [3.63, 3.8) is 0 Å². The SMILES string of the molecule is CC(C)(C)c1cc(C(C)(C)C)n(C(=O)O)n1. The van der Waals surface area contributed by atoms with Crippen LogP contribution >= 0.6 is 0 Å². The molecule has 4 heteroatoms. The zero-order chi connectivity index (χ0) is 12.7. The molecule has 1 aromatic heterocycles. The lowest BCUT2D eigenvalue weighted by Gasteiger charge is -2.17. The normalized spacial score (nSPS) is 12.9. The smallest absolute Gasteiger partial charge is 0.432 e. The molecular weight excluding hydrogens is 204 g/mol. The van der Waals surface area contributed by atoms with Gasteiger partial charge in [0.1, 0.15) is 0 Å². The van der Waals surface area contributed by atoms with Crippen molar-refractivity contribution in [2.75, 3.05) is 0 Å². The van der Waals surface area contributed by atoms with Crippen LogP contribution in [0.3, 0.4) is 0 Å². The highest BCUT2D eigenvalue weighted by atomic mass is 16.4. The Bertz CT molecular complexity index is 406. The summed E-state index contributed by atoms with van der Waals surface area (Å²) < 4.78 is 1.08. The molecule has 0 aliphatic rings. The minimum absolute atomic E-state index is 0.138. The van der Waals surface area contributed by atoms with Gasteiger partial charge in [-0.2, -0.15) is 9.78 Å². The summed E-state index contributed by atoms with van der Waals surface area (Å²) in [6, 6.07) is 1.88. The van der Waals surface area contributed by atoms with E-state index < -0.39 is 6.09 Å². The van der Waals surface area contributed by atoms with Crippen LogP contribution < -0.4 is 0 Å². The zero-order valence-corrected chi connectivity index (χ0v) is 10.8. The monoisotopic (exact) mass is 224 g/mol. The molecule has 0 saturated carbocycles. The van der Waals surface area contributed by atoms with Crippen LogP contribution in [0.4, 0.5) is 4.79 Å². The summed E-state index contributed by atoms with van der Waals surface area (Å²) in [7, 11) is 0. The van der Waals surface area contributed by atoms with Crippen molar-refractivity contribution in [2.24, 2.45) is 0 Å². The van der Waals surface area contributed by atoms with Crippen LogP contribution in [-0.4, -0.2) is 21.0 Å². The van der Waals surface area contributed by atoms with Gasteiger partial charge in [-0.15, -0.1) is 0 Å². The minimum Gasteiger partial charge on any atom is -0.463 e. The first-order chi connectivity index (χ1) is 7.03. The molecule has 90 valence electrons. The number of hydrogen-bond acceptors (Lipinski definition) is 2. The molecule has 1 N–H and O–H groups in total. The molecule has 0 aromatic carbocycles. The second-order valence-corrected chi connectivity index (χ2v) is 6.11. The molecule has 0 radical (unpaired) electrons. The quantitative estimate of drug-likeness (QED) is 0.737. The second kappa shape index (κ2) is 3.61. The first-order valence-corrected chi connectivity index (χ1v) is 5.38. The van der Waals surface area contributed by atoms with Crippen molar-refractivity contribution in [1.82, 2.24) is 9.78 Å². The lowest BCUT2D eigenvalue weighted by molar-refractivity contribution is 0.190. The van der Waals surface area contributed by atoms with Crippen LogP contribution in [0, 0.1) is 0 Å². The molecule has 0 amide bonds. The third-order valence-corrected chi connectivity index (χ3v) is 2.43. The Morgan fingerprint density at radius 2 is 1.69 bits per heavy atom. The topological polar surface area (TPSA) is 55.1 Å². The highest BCUT2D eigenvalue weighted by Gasteiger charge is 2.27. The molecule has 1 rings (SSSR count). The van der Waals surface area contributed by atoms with E-state index in [9.17, 15) is 4.79 Å². The fourth-order valence-corrected chi connectivity index (χ4v) is 1.43. The van der Waals surface area contributed by atoms with Crippen LogP contribution in [0.15, 0.2) is 6.07 Å². The van der Waals surface area contributed by atoms with Gasteiger partial charge in [-0.05, 0) is 6.07 Å². The lowest BCUT2D eigenvalue weighted by atomic mass is 9.88.